The summed E-state index contributed by atoms with van der Waals surface area (Å²) in [6, 6.07) is 0. The van der Waals surface area contributed by atoms with E-state index >= 15 is 0 Å². The fourth-order valence-corrected chi connectivity index (χ4v) is 0.753. The van der Waals surface area contributed by atoms with Gasteiger partial charge in [-0.15, -0.1) is 0 Å². The molecule has 0 aromatic rings. The average Bonchev–Trinajstić information content (AvgIpc) is 2.03. The van der Waals surface area contributed by atoms with Crippen molar-refractivity contribution in [3.63, 3.8) is 0 Å². The van der Waals surface area contributed by atoms with E-state index in [1.165, 1.54) is 0 Å². The van der Waals surface area contributed by atoms with Crippen LogP contribution in [0, 0.1) is 5.92 Å². The van der Waals surface area contributed by atoms with Crippen molar-refractivity contribution in [1.29, 1.82) is 0 Å². The van der Waals surface area contributed by atoms with Gasteiger partial charge in [0.15, 0.2) is 0 Å². The number of carbonyl (C=O) groups is 2. The molecule has 4 heteroatoms. The summed E-state index contributed by atoms with van der Waals surface area (Å²) in [5, 5.41) is -0.513. The summed E-state index contributed by atoms with van der Waals surface area (Å²) in [6.07, 6.45) is 0.968. The summed E-state index contributed by atoms with van der Waals surface area (Å²) < 4.78 is 4.56. The van der Waals surface area contributed by atoms with Crippen molar-refractivity contribution in [2.24, 2.45) is 5.92 Å². The summed E-state index contributed by atoms with van der Waals surface area (Å²) >= 11 is 4.04. The molecular weight excluding hydrogens is 188 g/mol. The van der Waals surface area contributed by atoms with Crippen LogP contribution in [0.4, 0.5) is 0 Å². The summed E-state index contributed by atoms with van der Waals surface area (Å²) in [5.74, 6) is -0.936. The first-order chi connectivity index (χ1) is 5.99. The maximum atomic E-state index is 11.2. The maximum absolute atomic E-state index is 11.2. The van der Waals surface area contributed by atoms with Crippen molar-refractivity contribution in [2.75, 3.05) is 0 Å². The molecule has 13 heavy (non-hydrogen) atoms. The molecule has 0 aliphatic heterocycles. The highest BCUT2D eigenvalue weighted by atomic mass is 32.1. The van der Waals surface area contributed by atoms with Gasteiger partial charge in [-0.25, -0.2) is 0 Å². The van der Waals surface area contributed by atoms with Gasteiger partial charge >= 0.3 is 11.9 Å². The number of ether oxygens (including phenoxy) is 1. The molecule has 0 spiro atoms. The lowest BCUT2D eigenvalue weighted by Crippen LogP contribution is -2.25. The van der Waals surface area contributed by atoms with Gasteiger partial charge < -0.3 is 4.74 Å². The van der Waals surface area contributed by atoms with Gasteiger partial charge in [0.1, 0.15) is 5.25 Å². The zero-order valence-electron chi connectivity index (χ0n) is 8.24. The highest BCUT2D eigenvalue weighted by Gasteiger charge is 2.21. The van der Waals surface area contributed by atoms with Crippen LogP contribution < -0.4 is 0 Å². The molecule has 0 aromatic heterocycles. The molecular formula is C9H16O3S. The van der Waals surface area contributed by atoms with E-state index in [1.54, 1.807) is 0 Å². The predicted octanol–water partition coefficient (Wildman–Crippen LogP) is 1.81. The van der Waals surface area contributed by atoms with Crippen molar-refractivity contribution >= 4 is 24.6 Å². The first kappa shape index (κ1) is 12.5. The Hall–Kier alpha value is -0.510. The Morgan fingerprint density at radius 2 is 1.92 bits per heavy atom. The van der Waals surface area contributed by atoms with Gasteiger partial charge in [-0.1, -0.05) is 20.8 Å². The van der Waals surface area contributed by atoms with E-state index in [-0.39, 0.29) is 12.3 Å². The third-order valence-corrected chi connectivity index (χ3v) is 2.35. The molecule has 0 heterocycles. The third kappa shape index (κ3) is 4.93. The lowest BCUT2D eigenvalue weighted by molar-refractivity contribution is -0.159. The Balaban J connectivity index is 3.93. The Labute approximate surface area is 84.3 Å². The number of thiol groups is 1. The van der Waals surface area contributed by atoms with Gasteiger partial charge in [0.05, 0.1) is 0 Å². The van der Waals surface area contributed by atoms with Crippen molar-refractivity contribution in [2.45, 2.75) is 38.9 Å². The molecule has 0 saturated heterocycles. The van der Waals surface area contributed by atoms with E-state index in [0.29, 0.717) is 6.42 Å². The zero-order valence-corrected chi connectivity index (χ0v) is 9.14. The van der Waals surface area contributed by atoms with Crippen LogP contribution in [0.25, 0.3) is 0 Å². The molecule has 76 valence electrons. The monoisotopic (exact) mass is 204 g/mol. The lowest BCUT2D eigenvalue weighted by atomic mass is 10.1. The highest BCUT2D eigenvalue weighted by Crippen LogP contribution is 2.11. The van der Waals surface area contributed by atoms with E-state index in [1.807, 2.05) is 20.8 Å². The van der Waals surface area contributed by atoms with Crippen LogP contribution in [-0.4, -0.2) is 17.2 Å². The largest absolute Gasteiger partial charge is 0.392 e. The molecule has 0 fully saturated rings. The van der Waals surface area contributed by atoms with Crippen LogP contribution in [0.2, 0.25) is 0 Å². The summed E-state index contributed by atoms with van der Waals surface area (Å²) in [4.78, 5) is 22.1. The fourth-order valence-electron chi connectivity index (χ4n) is 0.700. The maximum Gasteiger partial charge on any atom is 0.326 e. The molecule has 0 radical (unpaired) electrons. The quantitative estimate of drug-likeness (QED) is 0.431. The van der Waals surface area contributed by atoms with Crippen molar-refractivity contribution in [1.82, 2.24) is 0 Å². The van der Waals surface area contributed by atoms with E-state index in [0.717, 1.165) is 0 Å². The Morgan fingerprint density at radius 1 is 1.38 bits per heavy atom. The number of esters is 2. The average molecular weight is 204 g/mol. The topological polar surface area (TPSA) is 43.4 Å². The standard InChI is InChI=1S/C9H16O3S/c1-4-5-7(10)12-9(11)8(13)6(2)3/h6,8,13H,4-5H2,1-3H3. The normalized spacial score (nSPS) is 12.7. The van der Waals surface area contributed by atoms with Crippen LogP contribution >= 0.6 is 12.6 Å². The second-order valence-electron chi connectivity index (χ2n) is 3.23. The van der Waals surface area contributed by atoms with Crippen molar-refractivity contribution in [3.05, 3.63) is 0 Å². The molecule has 1 atom stereocenters. The van der Waals surface area contributed by atoms with Gasteiger partial charge in [-0.2, -0.15) is 12.6 Å². The van der Waals surface area contributed by atoms with E-state index in [9.17, 15) is 9.59 Å². The fraction of sp³-hybridized carbons (Fsp3) is 0.778. The smallest absolute Gasteiger partial charge is 0.326 e. The number of hydrogen-bond acceptors (Lipinski definition) is 4. The van der Waals surface area contributed by atoms with E-state index in [2.05, 4.69) is 17.4 Å². The molecule has 0 amide bonds. The van der Waals surface area contributed by atoms with Gasteiger partial charge in [-0.3, -0.25) is 9.59 Å². The molecule has 0 rings (SSSR count). The minimum Gasteiger partial charge on any atom is -0.392 e. The first-order valence-electron chi connectivity index (χ1n) is 4.41. The summed E-state index contributed by atoms with van der Waals surface area (Å²) in [6.45, 7) is 5.55. The molecule has 0 aliphatic carbocycles. The van der Waals surface area contributed by atoms with E-state index < -0.39 is 17.2 Å². The van der Waals surface area contributed by atoms with Crippen LogP contribution in [0.5, 0.6) is 0 Å². The Morgan fingerprint density at radius 3 is 2.31 bits per heavy atom. The SMILES string of the molecule is CCCC(=O)OC(=O)C(S)C(C)C. The number of hydrogen-bond donors (Lipinski definition) is 1. The van der Waals surface area contributed by atoms with Gasteiger partial charge in [0, 0.05) is 6.42 Å². The molecule has 0 aromatic carbocycles. The third-order valence-electron chi connectivity index (χ3n) is 1.54. The molecule has 1 unspecified atom stereocenters. The van der Waals surface area contributed by atoms with Crippen molar-refractivity contribution in [3.8, 4) is 0 Å². The van der Waals surface area contributed by atoms with Gasteiger partial charge in [0.2, 0.25) is 0 Å². The molecule has 0 aliphatic rings. The van der Waals surface area contributed by atoms with Gasteiger partial charge in [0.25, 0.3) is 0 Å². The molecule has 0 bridgehead atoms. The van der Waals surface area contributed by atoms with Crippen LogP contribution in [0.3, 0.4) is 0 Å². The molecule has 0 saturated carbocycles. The highest BCUT2D eigenvalue weighted by molar-refractivity contribution is 7.81. The Kier molecular flexibility index (Phi) is 5.79. The zero-order chi connectivity index (χ0) is 10.4. The Bertz CT molecular complexity index is 189. The molecule has 3 nitrogen and oxygen atoms in total. The minimum atomic E-state index is -0.545. The summed E-state index contributed by atoms with van der Waals surface area (Å²) in [7, 11) is 0. The minimum absolute atomic E-state index is 0.0743. The van der Waals surface area contributed by atoms with E-state index in [4.69, 9.17) is 0 Å². The predicted molar refractivity (Wildman–Crippen MR) is 53.6 cm³/mol. The summed E-state index contributed by atoms with van der Waals surface area (Å²) in [5.41, 5.74) is 0. The van der Waals surface area contributed by atoms with Gasteiger partial charge in [-0.05, 0) is 12.3 Å². The van der Waals surface area contributed by atoms with Crippen LogP contribution in [0.15, 0.2) is 0 Å². The van der Waals surface area contributed by atoms with Crippen LogP contribution in [0.1, 0.15) is 33.6 Å². The first-order valence-corrected chi connectivity index (χ1v) is 4.93. The van der Waals surface area contributed by atoms with Crippen LogP contribution in [-0.2, 0) is 14.3 Å². The second-order valence-corrected chi connectivity index (χ2v) is 3.79. The van der Waals surface area contributed by atoms with Crippen molar-refractivity contribution < 1.29 is 14.3 Å². The lowest BCUT2D eigenvalue weighted by Gasteiger charge is -2.11. The molecule has 0 N–H and O–H groups in total. The number of carbonyl (C=O) groups excluding carboxylic acids is 2. The number of rotatable bonds is 4. The second kappa shape index (κ2) is 6.02.